The number of carbonyl (C=O) groups excluding carboxylic acids is 1. The van der Waals surface area contributed by atoms with Gasteiger partial charge in [-0.1, -0.05) is 12.2 Å². The Labute approximate surface area is 139 Å². The van der Waals surface area contributed by atoms with Crippen LogP contribution in [-0.4, -0.2) is 54.4 Å². The van der Waals surface area contributed by atoms with E-state index in [1.807, 2.05) is 0 Å². The second kappa shape index (κ2) is 7.00. The van der Waals surface area contributed by atoms with Crippen LogP contribution < -0.4 is 11.4 Å². The number of aliphatic hydroxyl groups is 1. The molecule has 1 aromatic rings. The van der Waals surface area contributed by atoms with Crippen LogP contribution in [0, 0.1) is 4.64 Å². The molecule has 2 rings (SSSR count). The molecule has 0 spiro atoms. The predicted octanol–water partition coefficient (Wildman–Crippen LogP) is -1.43. The molecule has 2 atom stereocenters. The van der Waals surface area contributed by atoms with Gasteiger partial charge < -0.3 is 20.3 Å². The number of aliphatic hydroxyl groups excluding tert-OH is 1. The zero-order chi connectivity index (χ0) is 17.2. The van der Waals surface area contributed by atoms with E-state index in [0.717, 1.165) is 0 Å². The fraction of sp³-hybridized carbons (Fsp3) is 0.583. The van der Waals surface area contributed by atoms with Crippen molar-refractivity contribution in [3.8, 4) is 0 Å². The minimum Gasteiger partial charge on any atom is -0.476 e. The van der Waals surface area contributed by atoms with Gasteiger partial charge in [0.25, 0.3) is 0 Å². The van der Waals surface area contributed by atoms with Crippen LogP contribution in [0.3, 0.4) is 0 Å². The van der Waals surface area contributed by atoms with Gasteiger partial charge in [-0.25, -0.2) is 4.79 Å². The third-order valence-corrected chi connectivity index (χ3v) is 3.84. The molecule has 4 radical (unpaired) electrons. The molecule has 1 fully saturated rings. The molecule has 0 aromatic carbocycles. The molecule has 0 saturated carbocycles. The number of carbonyl (C=O) groups is 1. The lowest BCUT2D eigenvalue weighted by Gasteiger charge is -2.32. The molecule has 8 nitrogen and oxygen atoms in total. The summed E-state index contributed by atoms with van der Waals surface area (Å²) in [5.74, 6) is -0.759. The Morgan fingerprint density at radius 1 is 1.61 bits per heavy atom. The smallest absolute Gasteiger partial charge is 0.328 e. The Hall–Kier alpha value is -1.42. The highest BCUT2D eigenvalue weighted by molar-refractivity contribution is 7.71. The first-order valence-electron chi connectivity index (χ1n) is 6.88. The number of aromatic nitrogens is 2. The molecule has 0 bridgehead atoms. The van der Waals surface area contributed by atoms with Crippen LogP contribution in [-0.2, 0) is 20.9 Å². The van der Waals surface area contributed by atoms with Gasteiger partial charge >= 0.3 is 11.7 Å². The third kappa shape index (κ3) is 3.92. The molecule has 2 unspecified atom stereocenters. The second-order valence-electron chi connectivity index (χ2n) is 5.17. The Balaban J connectivity index is 2.19. The standard InChI is InChI=1S/C12H15B2N3O5S/c13-12(14,22-9(19)3-15)7-1-2-8(21-7)17-4-6(5-18)10(23)16-11(17)20/h4,7-8,18H,1-3,5,15H2,(H,16,20,23). The average molecular weight is 335 g/mol. The Morgan fingerprint density at radius 3 is 2.91 bits per heavy atom. The number of esters is 1. The summed E-state index contributed by atoms with van der Waals surface area (Å²) < 4.78 is 11.9. The van der Waals surface area contributed by atoms with E-state index in [1.54, 1.807) is 0 Å². The van der Waals surface area contributed by atoms with Crippen molar-refractivity contribution in [3.05, 3.63) is 26.9 Å². The number of hydrogen-bond donors (Lipinski definition) is 3. The fourth-order valence-corrected chi connectivity index (χ4v) is 2.52. The third-order valence-electron chi connectivity index (χ3n) is 3.48. The van der Waals surface area contributed by atoms with Crippen molar-refractivity contribution in [2.24, 2.45) is 5.73 Å². The number of hydrogen-bond acceptors (Lipinski definition) is 7. The SMILES string of the molecule is [B]C([B])(OC(=O)CN)C1CCC(n2cc(CO)c(=S)[nH]c2=O)O1. The summed E-state index contributed by atoms with van der Waals surface area (Å²) in [5.41, 5.74) is 5.05. The van der Waals surface area contributed by atoms with Crippen LogP contribution in [0.5, 0.6) is 0 Å². The van der Waals surface area contributed by atoms with Crippen molar-refractivity contribution >= 4 is 33.9 Å². The number of rotatable bonds is 5. The summed E-state index contributed by atoms with van der Waals surface area (Å²) >= 11 is 4.94. The first-order valence-corrected chi connectivity index (χ1v) is 7.29. The van der Waals surface area contributed by atoms with Gasteiger partial charge in [0.1, 0.15) is 26.6 Å². The molecule has 1 saturated heterocycles. The van der Waals surface area contributed by atoms with Gasteiger partial charge in [0.05, 0.1) is 24.7 Å². The molecule has 2 heterocycles. The van der Waals surface area contributed by atoms with E-state index in [1.165, 1.54) is 10.8 Å². The molecule has 4 N–H and O–H groups in total. The molecular formula is C12H15B2N3O5S. The van der Waals surface area contributed by atoms with Gasteiger partial charge in [-0.05, 0) is 12.8 Å². The van der Waals surface area contributed by atoms with E-state index in [-0.39, 0.29) is 17.8 Å². The van der Waals surface area contributed by atoms with Crippen molar-refractivity contribution < 1.29 is 19.4 Å². The maximum Gasteiger partial charge on any atom is 0.328 e. The molecule has 120 valence electrons. The van der Waals surface area contributed by atoms with Crippen LogP contribution in [0.15, 0.2) is 11.0 Å². The van der Waals surface area contributed by atoms with Crippen LogP contribution in [0.4, 0.5) is 0 Å². The van der Waals surface area contributed by atoms with E-state index in [9.17, 15) is 14.7 Å². The Bertz CT molecular complexity index is 705. The van der Waals surface area contributed by atoms with Gasteiger partial charge in [-0.15, -0.1) is 0 Å². The molecule has 1 aliphatic rings. The van der Waals surface area contributed by atoms with E-state index in [2.05, 4.69) is 4.98 Å². The van der Waals surface area contributed by atoms with Crippen molar-refractivity contribution in [3.63, 3.8) is 0 Å². The fourth-order valence-electron chi connectivity index (χ4n) is 2.31. The van der Waals surface area contributed by atoms with E-state index in [0.29, 0.717) is 18.4 Å². The van der Waals surface area contributed by atoms with E-state index < -0.39 is 29.4 Å². The monoisotopic (exact) mass is 335 g/mol. The highest BCUT2D eigenvalue weighted by Crippen LogP contribution is 2.32. The highest BCUT2D eigenvalue weighted by Gasteiger charge is 2.39. The molecule has 1 aliphatic heterocycles. The summed E-state index contributed by atoms with van der Waals surface area (Å²) in [7, 11) is 11.5. The number of ether oxygens (including phenoxy) is 2. The van der Waals surface area contributed by atoms with Gasteiger partial charge in [0, 0.05) is 11.8 Å². The van der Waals surface area contributed by atoms with Crippen LogP contribution in [0.25, 0.3) is 0 Å². The predicted molar refractivity (Wildman–Crippen MR) is 84.3 cm³/mol. The lowest BCUT2D eigenvalue weighted by molar-refractivity contribution is -0.154. The summed E-state index contributed by atoms with van der Waals surface area (Å²) in [5, 5.41) is 7.38. The number of H-pyrrole nitrogens is 1. The lowest BCUT2D eigenvalue weighted by atomic mass is 9.61. The van der Waals surface area contributed by atoms with Gasteiger partial charge in [-0.2, -0.15) is 0 Å². The highest BCUT2D eigenvalue weighted by atomic mass is 32.1. The van der Waals surface area contributed by atoms with Crippen LogP contribution in [0.1, 0.15) is 24.6 Å². The number of nitrogens with one attached hydrogen (secondary N) is 1. The summed E-state index contributed by atoms with van der Waals surface area (Å²) in [6.07, 6.45) is 0.709. The zero-order valence-electron chi connectivity index (χ0n) is 12.2. The van der Waals surface area contributed by atoms with Crippen molar-refractivity contribution in [2.75, 3.05) is 6.54 Å². The van der Waals surface area contributed by atoms with Crippen molar-refractivity contribution in [1.82, 2.24) is 9.55 Å². The normalized spacial score (nSPS) is 21.3. The summed E-state index contributed by atoms with van der Waals surface area (Å²) in [4.78, 5) is 25.7. The van der Waals surface area contributed by atoms with Crippen molar-refractivity contribution in [1.29, 1.82) is 0 Å². The van der Waals surface area contributed by atoms with Crippen LogP contribution >= 0.6 is 12.2 Å². The quantitative estimate of drug-likeness (QED) is 0.343. The molecule has 0 aliphatic carbocycles. The number of aromatic amines is 1. The first-order chi connectivity index (χ1) is 10.8. The first kappa shape index (κ1) is 17.9. The van der Waals surface area contributed by atoms with Gasteiger partial charge in [-0.3, -0.25) is 14.3 Å². The summed E-state index contributed by atoms with van der Waals surface area (Å²) in [6, 6.07) is 0. The minimum absolute atomic E-state index is 0.159. The number of nitrogens with two attached hydrogens (primary N) is 1. The van der Waals surface area contributed by atoms with E-state index in [4.69, 9.17) is 43.1 Å². The Kier molecular flexibility index (Phi) is 5.45. The van der Waals surface area contributed by atoms with Crippen LogP contribution in [0.2, 0.25) is 0 Å². The van der Waals surface area contributed by atoms with E-state index >= 15 is 0 Å². The Morgan fingerprint density at radius 2 is 2.30 bits per heavy atom. The zero-order valence-corrected chi connectivity index (χ0v) is 13.0. The molecule has 23 heavy (non-hydrogen) atoms. The minimum atomic E-state index is -1.85. The second-order valence-corrected chi connectivity index (χ2v) is 5.58. The maximum absolute atomic E-state index is 12.0. The molecular weight excluding hydrogens is 320 g/mol. The molecule has 11 heteroatoms. The topological polar surface area (TPSA) is 120 Å². The lowest BCUT2D eigenvalue weighted by Crippen LogP contribution is -2.48. The summed E-state index contributed by atoms with van der Waals surface area (Å²) in [6.45, 7) is -0.682. The van der Waals surface area contributed by atoms with Gasteiger partial charge in [0.15, 0.2) is 0 Å². The van der Waals surface area contributed by atoms with Gasteiger partial charge in [0.2, 0.25) is 0 Å². The average Bonchev–Trinajstić information content (AvgIpc) is 2.97. The molecule has 0 amide bonds. The molecule has 1 aromatic heterocycles. The largest absolute Gasteiger partial charge is 0.476 e. The maximum atomic E-state index is 12.0. The van der Waals surface area contributed by atoms with Crippen molar-refractivity contribution in [2.45, 2.75) is 37.2 Å². The number of nitrogens with zero attached hydrogens (tertiary/aromatic N) is 1.